The third-order valence-electron chi connectivity index (χ3n) is 3.19. The summed E-state index contributed by atoms with van der Waals surface area (Å²) in [7, 11) is 0. The predicted octanol–water partition coefficient (Wildman–Crippen LogP) is 2.35. The van der Waals surface area contributed by atoms with Gasteiger partial charge in [-0.1, -0.05) is 0 Å². The largest absolute Gasteiger partial charge is 0.462 e. The Morgan fingerprint density at radius 1 is 1.31 bits per heavy atom. The first-order chi connectivity index (χ1) is 7.41. The van der Waals surface area contributed by atoms with Gasteiger partial charge < -0.3 is 10.1 Å². The second-order valence-corrected chi connectivity index (χ2v) is 5.80. The van der Waals surface area contributed by atoms with Crippen LogP contribution in [0.1, 0.15) is 47.0 Å². The van der Waals surface area contributed by atoms with Crippen molar-refractivity contribution in [3.8, 4) is 0 Å². The average molecular weight is 227 g/mol. The molecule has 1 fully saturated rings. The minimum atomic E-state index is -0.392. The van der Waals surface area contributed by atoms with Crippen molar-refractivity contribution in [3.05, 3.63) is 0 Å². The Morgan fingerprint density at radius 2 is 2.00 bits per heavy atom. The molecule has 3 heteroatoms. The smallest absolute Gasteiger partial charge is 0.311 e. The molecule has 0 aromatic carbocycles. The van der Waals surface area contributed by atoms with E-state index in [4.69, 9.17) is 4.74 Å². The Bertz CT molecular complexity index is 225. The van der Waals surface area contributed by atoms with Gasteiger partial charge in [0.1, 0.15) is 6.10 Å². The maximum atomic E-state index is 11.8. The standard InChI is InChI=1S/C13H25NO2/c1-10(16-12(15)13(2,3)4)11-6-5-8-14-9-7-11/h10-11,14H,5-9H2,1-4H3. The topological polar surface area (TPSA) is 38.3 Å². The molecule has 0 bridgehead atoms. The molecule has 2 atom stereocenters. The number of nitrogens with one attached hydrogen (secondary N) is 1. The molecule has 0 aromatic heterocycles. The van der Waals surface area contributed by atoms with Crippen LogP contribution in [-0.2, 0) is 9.53 Å². The fourth-order valence-electron chi connectivity index (χ4n) is 1.96. The summed E-state index contributed by atoms with van der Waals surface area (Å²) in [5.74, 6) is 0.429. The molecule has 0 spiro atoms. The fraction of sp³-hybridized carbons (Fsp3) is 0.923. The number of carbonyl (C=O) groups is 1. The van der Waals surface area contributed by atoms with Crippen LogP contribution < -0.4 is 5.32 Å². The van der Waals surface area contributed by atoms with Crippen molar-refractivity contribution >= 4 is 5.97 Å². The second-order valence-electron chi connectivity index (χ2n) is 5.80. The van der Waals surface area contributed by atoms with E-state index in [1.54, 1.807) is 0 Å². The van der Waals surface area contributed by atoms with Gasteiger partial charge in [0, 0.05) is 0 Å². The molecular formula is C13H25NO2. The molecule has 0 amide bonds. The lowest BCUT2D eigenvalue weighted by molar-refractivity contribution is -0.160. The molecule has 1 aliphatic rings. The predicted molar refractivity (Wildman–Crippen MR) is 65.2 cm³/mol. The van der Waals surface area contributed by atoms with E-state index in [-0.39, 0.29) is 12.1 Å². The van der Waals surface area contributed by atoms with Crippen LogP contribution in [0.2, 0.25) is 0 Å². The summed E-state index contributed by atoms with van der Waals surface area (Å²) in [5.41, 5.74) is -0.392. The van der Waals surface area contributed by atoms with E-state index in [1.165, 1.54) is 6.42 Å². The van der Waals surface area contributed by atoms with Gasteiger partial charge in [0.2, 0.25) is 0 Å². The minimum absolute atomic E-state index is 0.0478. The van der Waals surface area contributed by atoms with E-state index in [2.05, 4.69) is 5.32 Å². The molecule has 94 valence electrons. The zero-order valence-corrected chi connectivity index (χ0v) is 11.0. The number of hydrogen-bond donors (Lipinski definition) is 1. The SMILES string of the molecule is CC(OC(=O)C(C)(C)C)C1CCCNCC1. The second kappa shape index (κ2) is 5.67. The van der Waals surface area contributed by atoms with E-state index in [0.29, 0.717) is 5.92 Å². The van der Waals surface area contributed by atoms with Gasteiger partial charge in [0.05, 0.1) is 5.41 Å². The van der Waals surface area contributed by atoms with Crippen molar-refractivity contribution in [1.29, 1.82) is 0 Å². The van der Waals surface area contributed by atoms with Crippen molar-refractivity contribution in [2.24, 2.45) is 11.3 Å². The van der Waals surface area contributed by atoms with Gasteiger partial charge in [-0.05, 0) is 66.0 Å². The fourth-order valence-corrected chi connectivity index (χ4v) is 1.96. The molecule has 16 heavy (non-hydrogen) atoms. The van der Waals surface area contributed by atoms with Crippen LogP contribution in [0.25, 0.3) is 0 Å². The number of carbonyl (C=O) groups excluding carboxylic acids is 1. The van der Waals surface area contributed by atoms with Crippen LogP contribution in [-0.4, -0.2) is 25.2 Å². The third-order valence-corrected chi connectivity index (χ3v) is 3.19. The van der Waals surface area contributed by atoms with Gasteiger partial charge in [-0.15, -0.1) is 0 Å². The zero-order chi connectivity index (χ0) is 12.2. The monoisotopic (exact) mass is 227 g/mol. The molecule has 3 nitrogen and oxygen atoms in total. The Kier molecular flexibility index (Phi) is 4.78. The Hall–Kier alpha value is -0.570. The first-order valence-corrected chi connectivity index (χ1v) is 6.33. The highest BCUT2D eigenvalue weighted by atomic mass is 16.5. The zero-order valence-electron chi connectivity index (χ0n) is 11.0. The normalized spacial score (nSPS) is 24.6. The molecule has 0 radical (unpaired) electrons. The highest BCUT2D eigenvalue weighted by Crippen LogP contribution is 2.23. The average Bonchev–Trinajstić information content (AvgIpc) is 2.43. The van der Waals surface area contributed by atoms with Crippen LogP contribution in [0, 0.1) is 11.3 Å². The highest BCUT2D eigenvalue weighted by molar-refractivity contribution is 5.75. The molecule has 1 aliphatic heterocycles. The van der Waals surface area contributed by atoms with E-state index in [9.17, 15) is 4.79 Å². The van der Waals surface area contributed by atoms with Crippen LogP contribution in [0.5, 0.6) is 0 Å². The van der Waals surface area contributed by atoms with Crippen molar-refractivity contribution < 1.29 is 9.53 Å². The van der Waals surface area contributed by atoms with Gasteiger partial charge in [-0.3, -0.25) is 4.79 Å². The Labute approximate surface area is 98.9 Å². The summed E-state index contributed by atoms with van der Waals surface area (Å²) >= 11 is 0. The minimum Gasteiger partial charge on any atom is -0.462 e. The summed E-state index contributed by atoms with van der Waals surface area (Å²) in [6.45, 7) is 9.86. The first-order valence-electron chi connectivity index (χ1n) is 6.33. The maximum Gasteiger partial charge on any atom is 0.311 e. The molecular weight excluding hydrogens is 202 g/mol. The summed E-state index contributed by atoms with van der Waals surface area (Å²) in [6, 6.07) is 0. The molecule has 1 saturated heterocycles. The van der Waals surface area contributed by atoms with Crippen LogP contribution in [0.3, 0.4) is 0 Å². The summed E-state index contributed by atoms with van der Waals surface area (Å²) in [6.07, 6.45) is 3.50. The van der Waals surface area contributed by atoms with E-state index in [1.807, 2.05) is 27.7 Å². The van der Waals surface area contributed by atoms with E-state index < -0.39 is 5.41 Å². The molecule has 1 rings (SSSR count). The van der Waals surface area contributed by atoms with Gasteiger partial charge in [-0.25, -0.2) is 0 Å². The van der Waals surface area contributed by atoms with Gasteiger partial charge in [0.25, 0.3) is 0 Å². The Balaban J connectivity index is 2.44. The van der Waals surface area contributed by atoms with E-state index in [0.717, 1.165) is 25.9 Å². The summed E-state index contributed by atoms with van der Waals surface area (Å²) in [5, 5.41) is 3.38. The van der Waals surface area contributed by atoms with Crippen LogP contribution in [0.4, 0.5) is 0 Å². The van der Waals surface area contributed by atoms with Gasteiger partial charge in [-0.2, -0.15) is 0 Å². The third kappa shape index (κ3) is 4.12. The van der Waals surface area contributed by atoms with E-state index >= 15 is 0 Å². The lowest BCUT2D eigenvalue weighted by atomic mass is 9.94. The quantitative estimate of drug-likeness (QED) is 0.736. The van der Waals surface area contributed by atoms with Crippen molar-refractivity contribution in [1.82, 2.24) is 5.32 Å². The van der Waals surface area contributed by atoms with Gasteiger partial charge >= 0.3 is 5.97 Å². The molecule has 1 N–H and O–H groups in total. The summed E-state index contributed by atoms with van der Waals surface area (Å²) < 4.78 is 5.54. The first kappa shape index (κ1) is 13.5. The van der Waals surface area contributed by atoms with Crippen molar-refractivity contribution in [3.63, 3.8) is 0 Å². The number of esters is 1. The highest BCUT2D eigenvalue weighted by Gasteiger charge is 2.28. The molecule has 2 unspecified atom stereocenters. The number of ether oxygens (including phenoxy) is 1. The van der Waals surface area contributed by atoms with Gasteiger partial charge in [0.15, 0.2) is 0 Å². The number of rotatable bonds is 2. The molecule has 0 aromatic rings. The molecule has 0 aliphatic carbocycles. The van der Waals surface area contributed by atoms with Crippen LogP contribution in [0.15, 0.2) is 0 Å². The lowest BCUT2D eigenvalue weighted by Gasteiger charge is -2.26. The molecule has 0 saturated carbocycles. The lowest BCUT2D eigenvalue weighted by Crippen LogP contribution is -2.31. The van der Waals surface area contributed by atoms with Crippen molar-refractivity contribution in [2.75, 3.05) is 13.1 Å². The number of hydrogen-bond acceptors (Lipinski definition) is 3. The Morgan fingerprint density at radius 3 is 2.62 bits per heavy atom. The molecule has 1 heterocycles. The van der Waals surface area contributed by atoms with Crippen LogP contribution >= 0.6 is 0 Å². The van der Waals surface area contributed by atoms with Crippen molar-refractivity contribution in [2.45, 2.75) is 53.1 Å². The maximum absolute atomic E-state index is 11.8. The summed E-state index contributed by atoms with van der Waals surface area (Å²) in [4.78, 5) is 11.8.